The second-order valence-corrected chi connectivity index (χ2v) is 6.75. The van der Waals surface area contributed by atoms with E-state index in [0.717, 1.165) is 18.4 Å². The summed E-state index contributed by atoms with van der Waals surface area (Å²) in [6.45, 7) is 11.2. The number of ether oxygens (including phenoxy) is 1. The third-order valence-electron chi connectivity index (χ3n) is 5.00. The number of hydrogen-bond donors (Lipinski definition) is 1. The van der Waals surface area contributed by atoms with E-state index in [4.69, 9.17) is 4.74 Å². The average Bonchev–Trinajstić information content (AvgIpc) is 2.68. The van der Waals surface area contributed by atoms with Gasteiger partial charge in [-0.25, -0.2) is 0 Å². The van der Waals surface area contributed by atoms with Crippen molar-refractivity contribution in [2.75, 3.05) is 13.2 Å². The lowest BCUT2D eigenvalue weighted by Crippen LogP contribution is -2.61. The Morgan fingerprint density at radius 2 is 2.00 bits per heavy atom. The fourth-order valence-corrected chi connectivity index (χ4v) is 3.54. The van der Waals surface area contributed by atoms with E-state index < -0.39 is 0 Å². The van der Waals surface area contributed by atoms with Crippen molar-refractivity contribution in [3.63, 3.8) is 0 Å². The number of nitrogens with one attached hydrogen (secondary N) is 1. The molecule has 0 aromatic carbocycles. The molecule has 0 aliphatic heterocycles. The summed E-state index contributed by atoms with van der Waals surface area (Å²) in [6.07, 6.45) is 5.95. The molecule has 0 aromatic heterocycles. The largest absolute Gasteiger partial charge is 0.378 e. The van der Waals surface area contributed by atoms with Crippen LogP contribution < -0.4 is 5.32 Å². The Bertz CT molecular complexity index is 251. The minimum Gasteiger partial charge on any atom is -0.378 e. The molecule has 4 atom stereocenters. The molecule has 2 fully saturated rings. The van der Waals surface area contributed by atoms with Crippen LogP contribution in [-0.2, 0) is 4.74 Å². The van der Waals surface area contributed by atoms with Crippen LogP contribution >= 0.6 is 0 Å². The second kappa shape index (κ2) is 5.27. The van der Waals surface area contributed by atoms with Crippen molar-refractivity contribution in [2.45, 2.75) is 65.5 Å². The molecule has 0 saturated heterocycles. The Balaban J connectivity index is 1.71. The van der Waals surface area contributed by atoms with Gasteiger partial charge in [0.2, 0.25) is 0 Å². The summed E-state index contributed by atoms with van der Waals surface area (Å²) in [5.74, 6) is 1.87. The molecule has 0 heterocycles. The highest BCUT2D eigenvalue weighted by atomic mass is 16.5. The van der Waals surface area contributed by atoms with Crippen LogP contribution in [0.4, 0.5) is 0 Å². The molecule has 17 heavy (non-hydrogen) atoms. The molecule has 0 bridgehead atoms. The van der Waals surface area contributed by atoms with E-state index in [1.54, 1.807) is 0 Å². The molecular weight excluding hydrogens is 210 g/mol. The first-order chi connectivity index (χ1) is 8.04. The summed E-state index contributed by atoms with van der Waals surface area (Å²) < 4.78 is 5.77. The zero-order valence-corrected chi connectivity index (χ0v) is 12.0. The maximum atomic E-state index is 5.77. The third kappa shape index (κ3) is 2.85. The van der Waals surface area contributed by atoms with E-state index in [1.165, 1.54) is 32.2 Å². The lowest BCUT2D eigenvalue weighted by molar-refractivity contribution is -0.114. The number of rotatable bonds is 5. The zero-order chi connectivity index (χ0) is 12.5. The van der Waals surface area contributed by atoms with Gasteiger partial charge in [-0.2, -0.15) is 0 Å². The first kappa shape index (κ1) is 13.4. The predicted molar refractivity (Wildman–Crippen MR) is 72.1 cm³/mol. The predicted octanol–water partition coefficient (Wildman–Crippen LogP) is 3.22. The van der Waals surface area contributed by atoms with Crippen molar-refractivity contribution >= 4 is 0 Å². The van der Waals surface area contributed by atoms with Gasteiger partial charge in [0.15, 0.2) is 0 Å². The molecule has 2 aliphatic carbocycles. The first-order valence-corrected chi connectivity index (χ1v) is 7.39. The summed E-state index contributed by atoms with van der Waals surface area (Å²) in [4.78, 5) is 0. The van der Waals surface area contributed by atoms with E-state index in [2.05, 4.69) is 33.0 Å². The van der Waals surface area contributed by atoms with Gasteiger partial charge >= 0.3 is 0 Å². The van der Waals surface area contributed by atoms with Crippen molar-refractivity contribution in [1.29, 1.82) is 0 Å². The molecule has 1 N–H and O–H groups in total. The van der Waals surface area contributed by atoms with E-state index in [0.29, 0.717) is 17.6 Å². The van der Waals surface area contributed by atoms with Gasteiger partial charge in [0.05, 0.1) is 6.10 Å². The van der Waals surface area contributed by atoms with Gasteiger partial charge in [-0.1, -0.05) is 27.2 Å². The van der Waals surface area contributed by atoms with Crippen molar-refractivity contribution in [3.05, 3.63) is 0 Å². The summed E-state index contributed by atoms with van der Waals surface area (Å²) in [7, 11) is 0. The van der Waals surface area contributed by atoms with Gasteiger partial charge < -0.3 is 10.1 Å². The topological polar surface area (TPSA) is 21.3 Å². The Kier molecular flexibility index (Phi) is 4.14. The quantitative estimate of drug-likeness (QED) is 0.795. The maximum Gasteiger partial charge on any atom is 0.0655 e. The Morgan fingerprint density at radius 3 is 2.53 bits per heavy atom. The van der Waals surface area contributed by atoms with Crippen LogP contribution in [0.2, 0.25) is 0 Å². The van der Waals surface area contributed by atoms with Crippen LogP contribution in [-0.4, -0.2) is 25.3 Å². The highest BCUT2D eigenvalue weighted by Crippen LogP contribution is 2.43. The minimum atomic E-state index is 0.320. The van der Waals surface area contributed by atoms with Gasteiger partial charge in [0, 0.05) is 18.1 Å². The van der Waals surface area contributed by atoms with Crippen molar-refractivity contribution < 1.29 is 4.74 Å². The summed E-state index contributed by atoms with van der Waals surface area (Å²) in [5.41, 5.74) is 0.320. The highest BCUT2D eigenvalue weighted by molar-refractivity contribution is 5.03. The van der Waals surface area contributed by atoms with Crippen molar-refractivity contribution in [2.24, 2.45) is 17.3 Å². The van der Waals surface area contributed by atoms with Gasteiger partial charge in [0.1, 0.15) is 0 Å². The Labute approximate surface area is 107 Å². The monoisotopic (exact) mass is 239 g/mol. The van der Waals surface area contributed by atoms with Crippen LogP contribution in [0.1, 0.15) is 53.4 Å². The van der Waals surface area contributed by atoms with Gasteiger partial charge in [-0.05, 0) is 44.6 Å². The SMILES string of the molecule is CCOC1CC(NCC2CCC(C)C2)C1(C)C. The standard InChI is InChI=1S/C15H29NO/c1-5-17-14-9-13(15(14,3)4)16-10-12-7-6-11(2)8-12/h11-14,16H,5-10H2,1-4H3. The molecule has 0 spiro atoms. The summed E-state index contributed by atoms with van der Waals surface area (Å²) >= 11 is 0. The second-order valence-electron chi connectivity index (χ2n) is 6.75. The maximum absolute atomic E-state index is 5.77. The van der Waals surface area contributed by atoms with E-state index in [9.17, 15) is 0 Å². The molecule has 100 valence electrons. The average molecular weight is 239 g/mol. The normalized spacial score (nSPS) is 40.2. The molecule has 2 heteroatoms. The third-order valence-corrected chi connectivity index (χ3v) is 5.00. The summed E-state index contributed by atoms with van der Waals surface area (Å²) in [6, 6.07) is 0.662. The molecule has 0 amide bonds. The molecule has 0 radical (unpaired) electrons. The van der Waals surface area contributed by atoms with Crippen LogP contribution in [0.15, 0.2) is 0 Å². The van der Waals surface area contributed by atoms with Gasteiger partial charge in [-0.3, -0.25) is 0 Å². The Hall–Kier alpha value is -0.0800. The fraction of sp³-hybridized carbons (Fsp3) is 1.00. The van der Waals surface area contributed by atoms with Crippen LogP contribution in [0, 0.1) is 17.3 Å². The molecule has 2 rings (SSSR count). The van der Waals surface area contributed by atoms with Crippen LogP contribution in [0.3, 0.4) is 0 Å². The Morgan fingerprint density at radius 1 is 1.24 bits per heavy atom. The highest BCUT2D eigenvalue weighted by Gasteiger charge is 2.48. The fourth-order valence-electron chi connectivity index (χ4n) is 3.54. The zero-order valence-electron chi connectivity index (χ0n) is 12.0. The van der Waals surface area contributed by atoms with E-state index in [1.807, 2.05) is 0 Å². The number of hydrogen-bond acceptors (Lipinski definition) is 2. The molecular formula is C15H29NO. The minimum absolute atomic E-state index is 0.320. The lowest BCUT2D eigenvalue weighted by atomic mass is 9.64. The van der Waals surface area contributed by atoms with Gasteiger partial charge in [-0.15, -0.1) is 0 Å². The van der Waals surface area contributed by atoms with Crippen LogP contribution in [0.25, 0.3) is 0 Å². The smallest absolute Gasteiger partial charge is 0.0655 e. The summed E-state index contributed by atoms with van der Waals surface area (Å²) in [5, 5.41) is 3.78. The lowest BCUT2D eigenvalue weighted by Gasteiger charge is -2.52. The molecule has 0 aromatic rings. The molecule has 2 nitrogen and oxygen atoms in total. The van der Waals surface area contributed by atoms with E-state index in [-0.39, 0.29) is 0 Å². The van der Waals surface area contributed by atoms with E-state index >= 15 is 0 Å². The molecule has 2 aliphatic rings. The van der Waals surface area contributed by atoms with Gasteiger partial charge in [0.25, 0.3) is 0 Å². The van der Waals surface area contributed by atoms with Crippen molar-refractivity contribution in [3.8, 4) is 0 Å². The van der Waals surface area contributed by atoms with Crippen molar-refractivity contribution in [1.82, 2.24) is 5.32 Å². The molecule has 2 saturated carbocycles. The first-order valence-electron chi connectivity index (χ1n) is 7.39. The molecule has 4 unspecified atom stereocenters. The van der Waals surface area contributed by atoms with Crippen LogP contribution in [0.5, 0.6) is 0 Å².